The molecule has 1 aromatic heterocycles. The molecule has 3 unspecified atom stereocenters. The zero-order valence-corrected chi connectivity index (χ0v) is 13.7. The van der Waals surface area contributed by atoms with Gasteiger partial charge in [0.05, 0.1) is 0 Å². The van der Waals surface area contributed by atoms with Gasteiger partial charge in [-0.05, 0) is 69.5 Å². The maximum atomic E-state index is 3.85. The molecule has 0 aromatic carbocycles. The zero-order valence-electron chi connectivity index (χ0n) is 12.8. The Morgan fingerprint density at radius 3 is 2.70 bits per heavy atom. The summed E-state index contributed by atoms with van der Waals surface area (Å²) >= 11 is 1.92. The molecule has 2 saturated heterocycles. The number of hydrogen-bond acceptors (Lipinski definition) is 3. The molecule has 3 atom stereocenters. The number of fused-ring (bicyclic) bond motifs is 2. The molecule has 1 N–H and O–H groups in total. The maximum Gasteiger partial charge on any atom is 0.0145 e. The molecule has 20 heavy (non-hydrogen) atoms. The van der Waals surface area contributed by atoms with Gasteiger partial charge >= 0.3 is 0 Å². The summed E-state index contributed by atoms with van der Waals surface area (Å²) < 4.78 is 0. The molecule has 2 fully saturated rings. The van der Waals surface area contributed by atoms with E-state index in [1.54, 1.807) is 4.88 Å². The van der Waals surface area contributed by atoms with Crippen LogP contribution in [0.15, 0.2) is 17.5 Å². The van der Waals surface area contributed by atoms with E-state index < -0.39 is 0 Å². The summed E-state index contributed by atoms with van der Waals surface area (Å²) in [7, 11) is 2.34. The molecule has 3 heteroatoms. The van der Waals surface area contributed by atoms with E-state index in [9.17, 15) is 0 Å². The molecule has 0 aliphatic carbocycles. The molecular weight excluding hydrogens is 264 g/mol. The summed E-state index contributed by atoms with van der Waals surface area (Å²) in [6.45, 7) is 3.44. The quantitative estimate of drug-likeness (QED) is 0.863. The van der Waals surface area contributed by atoms with Crippen molar-refractivity contribution in [2.24, 2.45) is 5.92 Å². The average molecular weight is 292 g/mol. The van der Waals surface area contributed by atoms with Crippen molar-refractivity contribution < 1.29 is 0 Å². The number of nitrogens with zero attached hydrogens (tertiary/aromatic N) is 1. The van der Waals surface area contributed by atoms with Crippen LogP contribution in [-0.2, 0) is 6.42 Å². The minimum absolute atomic E-state index is 0.686. The number of thiophene rings is 1. The zero-order chi connectivity index (χ0) is 13.9. The van der Waals surface area contributed by atoms with Crippen LogP contribution in [0.1, 0.15) is 43.9 Å². The highest BCUT2D eigenvalue weighted by Crippen LogP contribution is 2.39. The first-order valence-electron chi connectivity index (χ1n) is 8.25. The van der Waals surface area contributed by atoms with E-state index in [2.05, 4.69) is 41.7 Å². The van der Waals surface area contributed by atoms with Crippen molar-refractivity contribution in [3.8, 4) is 0 Å². The molecule has 2 aliphatic heterocycles. The van der Waals surface area contributed by atoms with Gasteiger partial charge in [0, 0.05) is 23.0 Å². The monoisotopic (exact) mass is 292 g/mol. The molecule has 0 saturated carbocycles. The smallest absolute Gasteiger partial charge is 0.0145 e. The summed E-state index contributed by atoms with van der Waals surface area (Å²) in [6.07, 6.45) is 8.12. The van der Waals surface area contributed by atoms with E-state index in [-0.39, 0.29) is 0 Å². The van der Waals surface area contributed by atoms with E-state index in [0.717, 1.165) is 24.5 Å². The molecular formula is C17H28N2S. The van der Waals surface area contributed by atoms with Crippen LogP contribution in [0.5, 0.6) is 0 Å². The fourth-order valence-corrected chi connectivity index (χ4v) is 4.93. The van der Waals surface area contributed by atoms with Gasteiger partial charge in [-0.2, -0.15) is 0 Å². The van der Waals surface area contributed by atoms with Crippen molar-refractivity contribution in [3.05, 3.63) is 22.4 Å². The molecule has 0 spiro atoms. The number of nitrogens with one attached hydrogen (secondary N) is 1. The van der Waals surface area contributed by atoms with Gasteiger partial charge in [-0.25, -0.2) is 0 Å². The van der Waals surface area contributed by atoms with Crippen LogP contribution in [0.2, 0.25) is 0 Å². The number of piperidine rings is 1. The van der Waals surface area contributed by atoms with Crippen LogP contribution in [-0.4, -0.2) is 36.6 Å². The minimum Gasteiger partial charge on any atom is -0.313 e. The third-order valence-electron chi connectivity index (χ3n) is 5.36. The van der Waals surface area contributed by atoms with Crippen molar-refractivity contribution in [2.45, 2.75) is 63.6 Å². The van der Waals surface area contributed by atoms with Crippen LogP contribution in [0, 0.1) is 5.92 Å². The van der Waals surface area contributed by atoms with Crippen molar-refractivity contribution >= 4 is 11.3 Å². The van der Waals surface area contributed by atoms with Crippen molar-refractivity contribution in [3.63, 3.8) is 0 Å². The molecule has 2 nitrogen and oxygen atoms in total. The third kappa shape index (κ3) is 3.10. The van der Waals surface area contributed by atoms with E-state index >= 15 is 0 Å². The van der Waals surface area contributed by atoms with Gasteiger partial charge in [-0.1, -0.05) is 13.0 Å². The molecule has 2 aliphatic rings. The van der Waals surface area contributed by atoms with Gasteiger partial charge in [0.2, 0.25) is 0 Å². The molecule has 112 valence electrons. The van der Waals surface area contributed by atoms with E-state index in [1.165, 1.54) is 38.5 Å². The van der Waals surface area contributed by atoms with E-state index in [1.807, 2.05) is 11.3 Å². The lowest BCUT2D eigenvalue weighted by atomic mass is 9.83. The van der Waals surface area contributed by atoms with Crippen molar-refractivity contribution in [2.75, 3.05) is 13.6 Å². The van der Waals surface area contributed by atoms with Crippen LogP contribution in [0.25, 0.3) is 0 Å². The lowest BCUT2D eigenvalue weighted by Crippen LogP contribution is -2.48. The van der Waals surface area contributed by atoms with Crippen LogP contribution in [0.4, 0.5) is 0 Å². The van der Waals surface area contributed by atoms with Gasteiger partial charge in [-0.3, -0.25) is 0 Å². The third-order valence-corrected chi connectivity index (χ3v) is 6.26. The highest BCUT2D eigenvalue weighted by atomic mass is 32.1. The Labute approximate surface area is 127 Å². The predicted octanol–water partition coefficient (Wildman–Crippen LogP) is 3.53. The van der Waals surface area contributed by atoms with Gasteiger partial charge in [0.1, 0.15) is 0 Å². The molecule has 3 rings (SSSR count). The standard InChI is InChI=1S/C17H28N2S/c1-3-8-18-17(12-16-5-4-9-20-16)13-10-14-6-7-15(11-13)19(14)2/h4-5,9,13-15,17-18H,3,6-8,10-12H2,1-2H3. The predicted molar refractivity (Wildman–Crippen MR) is 87.4 cm³/mol. The molecule has 1 aromatic rings. The van der Waals surface area contributed by atoms with Crippen LogP contribution < -0.4 is 5.32 Å². The summed E-state index contributed by atoms with van der Waals surface area (Å²) in [5.41, 5.74) is 0. The molecule has 0 radical (unpaired) electrons. The van der Waals surface area contributed by atoms with Crippen molar-refractivity contribution in [1.82, 2.24) is 10.2 Å². The topological polar surface area (TPSA) is 15.3 Å². The summed E-state index contributed by atoms with van der Waals surface area (Å²) in [4.78, 5) is 4.20. The van der Waals surface area contributed by atoms with E-state index in [4.69, 9.17) is 0 Å². The van der Waals surface area contributed by atoms with Crippen molar-refractivity contribution in [1.29, 1.82) is 0 Å². The average Bonchev–Trinajstić information content (AvgIpc) is 3.00. The molecule has 3 heterocycles. The summed E-state index contributed by atoms with van der Waals surface area (Å²) in [5, 5.41) is 6.06. The first-order chi connectivity index (χ1) is 9.78. The second-order valence-electron chi connectivity index (χ2n) is 6.63. The Kier molecular flexibility index (Phi) is 4.79. The summed E-state index contributed by atoms with van der Waals surface area (Å²) in [5.74, 6) is 0.873. The van der Waals surface area contributed by atoms with Gasteiger partial charge in [0.25, 0.3) is 0 Å². The lowest BCUT2D eigenvalue weighted by Gasteiger charge is -2.40. The second-order valence-corrected chi connectivity index (χ2v) is 7.66. The first-order valence-corrected chi connectivity index (χ1v) is 9.13. The highest BCUT2D eigenvalue weighted by Gasteiger charge is 2.40. The lowest BCUT2D eigenvalue weighted by molar-refractivity contribution is 0.112. The number of hydrogen-bond donors (Lipinski definition) is 1. The second kappa shape index (κ2) is 6.59. The Morgan fingerprint density at radius 2 is 2.10 bits per heavy atom. The SMILES string of the molecule is CCCNC(Cc1cccs1)C1CC2CCC(C1)N2C. The Morgan fingerprint density at radius 1 is 1.35 bits per heavy atom. The fourth-order valence-electron chi connectivity index (χ4n) is 4.16. The van der Waals surface area contributed by atoms with Gasteiger partial charge < -0.3 is 10.2 Å². The largest absolute Gasteiger partial charge is 0.313 e. The molecule has 0 amide bonds. The Bertz CT molecular complexity index is 389. The van der Waals surface area contributed by atoms with Crippen LogP contribution in [0.3, 0.4) is 0 Å². The normalized spacial score (nSPS) is 31.6. The first kappa shape index (κ1) is 14.6. The minimum atomic E-state index is 0.686. The number of rotatable bonds is 6. The maximum absolute atomic E-state index is 3.85. The Balaban J connectivity index is 1.66. The van der Waals surface area contributed by atoms with Crippen LogP contribution >= 0.6 is 11.3 Å². The summed E-state index contributed by atoms with van der Waals surface area (Å²) in [6, 6.07) is 6.88. The van der Waals surface area contributed by atoms with E-state index in [0.29, 0.717) is 6.04 Å². The molecule has 2 bridgehead atoms. The Hall–Kier alpha value is -0.380. The fraction of sp³-hybridized carbons (Fsp3) is 0.765. The van der Waals surface area contributed by atoms with Gasteiger partial charge in [0.15, 0.2) is 0 Å². The van der Waals surface area contributed by atoms with Gasteiger partial charge in [-0.15, -0.1) is 11.3 Å². The highest BCUT2D eigenvalue weighted by molar-refractivity contribution is 7.09.